The van der Waals surface area contributed by atoms with E-state index in [2.05, 4.69) is 20.1 Å². The number of benzene rings is 1. The Balaban J connectivity index is 1.54. The van der Waals surface area contributed by atoms with Gasteiger partial charge in [-0.25, -0.2) is 9.37 Å². The first-order valence-corrected chi connectivity index (χ1v) is 9.69. The van der Waals surface area contributed by atoms with Gasteiger partial charge in [0.2, 0.25) is 0 Å². The molecule has 0 bridgehead atoms. The molecular formula is C21H21F4N5. The number of anilines is 1. The van der Waals surface area contributed by atoms with E-state index in [0.29, 0.717) is 37.6 Å². The molecule has 9 heteroatoms. The van der Waals surface area contributed by atoms with Gasteiger partial charge in [0.1, 0.15) is 11.6 Å². The highest BCUT2D eigenvalue weighted by Crippen LogP contribution is 2.32. The quantitative estimate of drug-likeness (QED) is 0.642. The average molecular weight is 419 g/mol. The van der Waals surface area contributed by atoms with Gasteiger partial charge in [0.05, 0.1) is 17.8 Å². The lowest BCUT2D eigenvalue weighted by Crippen LogP contribution is -2.34. The van der Waals surface area contributed by atoms with Crippen LogP contribution in [0.2, 0.25) is 0 Å². The van der Waals surface area contributed by atoms with Crippen LogP contribution in [-0.4, -0.2) is 46.3 Å². The molecule has 1 unspecified atom stereocenters. The smallest absolute Gasteiger partial charge is 0.355 e. The normalized spacial score (nSPS) is 17.0. The molecule has 0 spiro atoms. The molecule has 4 rings (SSSR count). The average Bonchev–Trinajstić information content (AvgIpc) is 3.14. The van der Waals surface area contributed by atoms with Gasteiger partial charge in [-0.05, 0) is 24.6 Å². The number of aromatic amines is 1. The van der Waals surface area contributed by atoms with Crippen LogP contribution >= 0.6 is 0 Å². The lowest BCUT2D eigenvalue weighted by molar-refractivity contribution is -0.137. The van der Waals surface area contributed by atoms with Gasteiger partial charge in [-0.2, -0.15) is 18.3 Å². The van der Waals surface area contributed by atoms with Crippen LogP contribution in [0.4, 0.5) is 23.4 Å². The van der Waals surface area contributed by atoms with E-state index in [1.54, 1.807) is 24.5 Å². The predicted molar refractivity (Wildman–Crippen MR) is 104 cm³/mol. The van der Waals surface area contributed by atoms with Crippen molar-refractivity contribution in [2.75, 3.05) is 31.1 Å². The number of rotatable bonds is 4. The topological polar surface area (TPSA) is 48.1 Å². The summed E-state index contributed by atoms with van der Waals surface area (Å²) in [6.45, 7) is 2.54. The number of aromatic nitrogens is 3. The van der Waals surface area contributed by atoms with Crippen LogP contribution in [0.1, 0.15) is 29.2 Å². The van der Waals surface area contributed by atoms with Crippen LogP contribution in [-0.2, 0) is 6.18 Å². The Bertz CT molecular complexity index is 956. The minimum atomic E-state index is -4.40. The maximum atomic E-state index is 14.6. The van der Waals surface area contributed by atoms with Gasteiger partial charge in [0.25, 0.3) is 0 Å². The Morgan fingerprint density at radius 1 is 0.967 bits per heavy atom. The molecule has 1 aliphatic heterocycles. The summed E-state index contributed by atoms with van der Waals surface area (Å²) in [6.07, 6.45) is 0.685. The van der Waals surface area contributed by atoms with E-state index in [1.807, 2.05) is 11.0 Å². The summed E-state index contributed by atoms with van der Waals surface area (Å²) in [5.74, 6) is 0.227. The van der Waals surface area contributed by atoms with Gasteiger partial charge < -0.3 is 4.90 Å². The number of hydrogen-bond donors (Lipinski definition) is 1. The first-order valence-electron chi connectivity index (χ1n) is 9.69. The van der Waals surface area contributed by atoms with Gasteiger partial charge >= 0.3 is 6.18 Å². The third-order valence-electron chi connectivity index (χ3n) is 5.33. The van der Waals surface area contributed by atoms with E-state index in [0.717, 1.165) is 24.2 Å². The lowest BCUT2D eigenvalue weighted by atomic mass is 9.99. The third kappa shape index (κ3) is 4.30. The monoisotopic (exact) mass is 419 g/mol. The van der Waals surface area contributed by atoms with E-state index >= 15 is 0 Å². The van der Waals surface area contributed by atoms with E-state index in [4.69, 9.17) is 0 Å². The Hall–Kier alpha value is -2.94. The second-order valence-electron chi connectivity index (χ2n) is 7.24. The van der Waals surface area contributed by atoms with Crippen molar-refractivity contribution in [3.05, 3.63) is 77.5 Å². The summed E-state index contributed by atoms with van der Waals surface area (Å²) in [5, 5.41) is 6.82. The minimum Gasteiger partial charge on any atom is -0.355 e. The molecule has 0 saturated carbocycles. The van der Waals surface area contributed by atoms with Crippen LogP contribution in [0.3, 0.4) is 0 Å². The highest BCUT2D eigenvalue weighted by atomic mass is 19.4. The van der Waals surface area contributed by atoms with Crippen LogP contribution in [0.25, 0.3) is 0 Å². The summed E-state index contributed by atoms with van der Waals surface area (Å²) < 4.78 is 53.0. The predicted octanol–water partition coefficient (Wildman–Crippen LogP) is 4.26. The number of H-pyrrole nitrogens is 1. The molecule has 3 aromatic rings. The molecule has 30 heavy (non-hydrogen) atoms. The first-order chi connectivity index (χ1) is 14.4. The summed E-state index contributed by atoms with van der Waals surface area (Å²) in [4.78, 5) is 8.16. The molecule has 158 valence electrons. The largest absolute Gasteiger partial charge is 0.417 e. The lowest BCUT2D eigenvalue weighted by Gasteiger charge is -2.30. The minimum absolute atomic E-state index is 0.283. The molecule has 1 aromatic carbocycles. The summed E-state index contributed by atoms with van der Waals surface area (Å²) in [6, 6.07) is 8.84. The van der Waals surface area contributed by atoms with Crippen molar-refractivity contribution in [2.24, 2.45) is 0 Å². The number of hydrogen-bond acceptors (Lipinski definition) is 4. The fourth-order valence-electron chi connectivity index (χ4n) is 3.86. The van der Waals surface area contributed by atoms with Crippen molar-refractivity contribution < 1.29 is 17.6 Å². The van der Waals surface area contributed by atoms with E-state index in [9.17, 15) is 17.6 Å². The van der Waals surface area contributed by atoms with Crippen molar-refractivity contribution in [1.29, 1.82) is 0 Å². The molecule has 1 aliphatic rings. The van der Waals surface area contributed by atoms with Gasteiger partial charge in [0.15, 0.2) is 0 Å². The molecule has 0 radical (unpaired) electrons. The Morgan fingerprint density at radius 2 is 1.80 bits per heavy atom. The molecule has 1 N–H and O–H groups in total. The molecule has 2 aromatic heterocycles. The Labute approximate surface area is 171 Å². The number of alkyl halides is 3. The second kappa shape index (κ2) is 8.43. The third-order valence-corrected chi connectivity index (χ3v) is 5.33. The highest BCUT2D eigenvalue weighted by Gasteiger charge is 2.31. The van der Waals surface area contributed by atoms with E-state index in [-0.39, 0.29) is 11.9 Å². The number of halogens is 4. The zero-order valence-corrected chi connectivity index (χ0v) is 16.1. The maximum Gasteiger partial charge on any atom is 0.417 e. The molecule has 3 heterocycles. The van der Waals surface area contributed by atoms with Crippen LogP contribution < -0.4 is 4.90 Å². The summed E-state index contributed by atoms with van der Waals surface area (Å²) in [7, 11) is 0. The molecule has 0 amide bonds. The zero-order valence-electron chi connectivity index (χ0n) is 16.1. The van der Waals surface area contributed by atoms with Crippen molar-refractivity contribution in [2.45, 2.75) is 18.6 Å². The zero-order chi connectivity index (χ0) is 21.1. The molecule has 1 atom stereocenters. The summed E-state index contributed by atoms with van der Waals surface area (Å²) in [5.41, 5.74) is 0.670. The summed E-state index contributed by atoms with van der Waals surface area (Å²) >= 11 is 0. The standard InChI is InChI=1S/C21H21F4N5/c22-18-5-2-1-4-17(18)20(15-12-27-28-13-15)30-9-3-8-29(10-11-30)19-7-6-16(14-26-19)21(23,24)25/h1-2,4-7,12-14,20H,3,8-11H2,(H,27,28). The SMILES string of the molecule is Fc1ccccc1C(c1cn[nH]c1)N1CCCN(c2ccc(C(F)(F)F)cn2)CC1. The van der Waals surface area contributed by atoms with Crippen molar-refractivity contribution >= 4 is 5.82 Å². The number of nitrogens with zero attached hydrogens (tertiary/aromatic N) is 4. The number of pyridine rings is 1. The molecule has 5 nitrogen and oxygen atoms in total. The Kier molecular flexibility index (Phi) is 5.72. The van der Waals surface area contributed by atoms with Gasteiger partial charge in [-0.1, -0.05) is 18.2 Å². The fourth-order valence-corrected chi connectivity index (χ4v) is 3.86. The Morgan fingerprint density at radius 3 is 2.47 bits per heavy atom. The van der Waals surface area contributed by atoms with Crippen LogP contribution in [0.5, 0.6) is 0 Å². The van der Waals surface area contributed by atoms with Gasteiger partial charge in [-0.3, -0.25) is 10.00 Å². The van der Waals surface area contributed by atoms with Crippen molar-refractivity contribution in [1.82, 2.24) is 20.1 Å². The first kappa shape index (κ1) is 20.3. The number of nitrogens with one attached hydrogen (secondary N) is 1. The van der Waals surface area contributed by atoms with Crippen LogP contribution in [0, 0.1) is 5.82 Å². The second-order valence-corrected chi connectivity index (χ2v) is 7.24. The molecule has 1 fully saturated rings. The van der Waals surface area contributed by atoms with Crippen molar-refractivity contribution in [3.63, 3.8) is 0 Å². The van der Waals surface area contributed by atoms with Gasteiger partial charge in [0, 0.05) is 49.7 Å². The molecule has 1 saturated heterocycles. The maximum absolute atomic E-state index is 14.6. The van der Waals surface area contributed by atoms with E-state index < -0.39 is 11.7 Å². The highest BCUT2D eigenvalue weighted by molar-refractivity contribution is 5.40. The van der Waals surface area contributed by atoms with E-state index in [1.165, 1.54) is 12.1 Å². The molecular weight excluding hydrogens is 398 g/mol. The fraction of sp³-hybridized carbons (Fsp3) is 0.333. The molecule has 0 aliphatic carbocycles. The van der Waals surface area contributed by atoms with Gasteiger partial charge in [-0.15, -0.1) is 0 Å². The van der Waals surface area contributed by atoms with Crippen molar-refractivity contribution in [3.8, 4) is 0 Å². The van der Waals surface area contributed by atoms with Crippen LogP contribution in [0.15, 0.2) is 55.0 Å².